The van der Waals surface area contributed by atoms with E-state index in [2.05, 4.69) is 46.9 Å². The van der Waals surface area contributed by atoms with Gasteiger partial charge in [0.25, 0.3) is 0 Å². The van der Waals surface area contributed by atoms with Gasteiger partial charge in [-0.05, 0) is 32.9 Å². The monoisotopic (exact) mass is 264 g/mol. The minimum atomic E-state index is 0.515. The van der Waals surface area contributed by atoms with E-state index in [1.165, 1.54) is 32.2 Å². The molecule has 1 saturated heterocycles. The Morgan fingerprint density at radius 3 is 3.00 bits per heavy atom. The number of hydrogen-bond acceptors (Lipinski definition) is 3. The van der Waals surface area contributed by atoms with Gasteiger partial charge in [-0.15, -0.1) is 0 Å². The largest absolute Gasteiger partial charge is 0.337 e. The molecule has 2 rings (SSSR count). The Kier molecular flexibility index (Phi) is 5.40. The summed E-state index contributed by atoms with van der Waals surface area (Å²) in [4.78, 5) is 6.97. The van der Waals surface area contributed by atoms with Crippen molar-refractivity contribution < 1.29 is 0 Å². The molecule has 4 heteroatoms. The molecule has 1 N–H and O–H groups in total. The van der Waals surface area contributed by atoms with Gasteiger partial charge in [0.2, 0.25) is 0 Å². The molecule has 0 aromatic carbocycles. The van der Waals surface area contributed by atoms with Crippen molar-refractivity contribution in [2.24, 2.45) is 0 Å². The fraction of sp³-hybridized carbons (Fsp3) is 0.800. The van der Waals surface area contributed by atoms with E-state index >= 15 is 0 Å². The predicted molar refractivity (Wildman–Crippen MR) is 79.1 cm³/mol. The molecule has 0 bridgehead atoms. The molecule has 1 aromatic rings. The van der Waals surface area contributed by atoms with E-state index in [0.29, 0.717) is 6.04 Å². The predicted octanol–water partition coefficient (Wildman–Crippen LogP) is 2.26. The van der Waals surface area contributed by atoms with Crippen molar-refractivity contribution in [3.05, 3.63) is 18.2 Å². The second kappa shape index (κ2) is 7.06. The summed E-state index contributed by atoms with van der Waals surface area (Å²) in [6.45, 7) is 7.54. The molecule has 19 heavy (non-hydrogen) atoms. The summed E-state index contributed by atoms with van der Waals surface area (Å²) in [6.07, 6.45) is 9.50. The molecule has 0 saturated carbocycles. The van der Waals surface area contributed by atoms with Crippen LogP contribution in [0.1, 0.15) is 45.2 Å². The fourth-order valence-electron chi connectivity index (χ4n) is 2.74. The summed E-state index contributed by atoms with van der Waals surface area (Å²) in [5, 5.41) is 3.40. The van der Waals surface area contributed by atoms with Gasteiger partial charge in [0.05, 0.1) is 12.0 Å². The van der Waals surface area contributed by atoms with Crippen LogP contribution in [-0.2, 0) is 13.1 Å². The molecule has 0 spiro atoms. The SMILES string of the molecule is CC(C)NCc1cn(CCC2CCCCN2C)cn1. The van der Waals surface area contributed by atoms with Gasteiger partial charge in [-0.3, -0.25) is 0 Å². The molecular weight excluding hydrogens is 236 g/mol. The number of aryl methyl sites for hydroxylation is 1. The third-order valence-corrected chi connectivity index (χ3v) is 4.02. The van der Waals surface area contributed by atoms with Gasteiger partial charge in [-0.25, -0.2) is 4.98 Å². The summed E-state index contributed by atoms with van der Waals surface area (Å²) < 4.78 is 2.24. The highest BCUT2D eigenvalue weighted by molar-refractivity contribution is 4.96. The zero-order valence-corrected chi connectivity index (χ0v) is 12.6. The summed E-state index contributed by atoms with van der Waals surface area (Å²) in [7, 11) is 2.26. The van der Waals surface area contributed by atoms with Gasteiger partial charge in [0, 0.05) is 31.4 Å². The minimum Gasteiger partial charge on any atom is -0.337 e. The summed E-state index contributed by atoms with van der Waals surface area (Å²) in [5.74, 6) is 0. The van der Waals surface area contributed by atoms with Crippen molar-refractivity contribution in [1.82, 2.24) is 19.8 Å². The second-order valence-corrected chi connectivity index (χ2v) is 6.06. The van der Waals surface area contributed by atoms with Gasteiger partial charge < -0.3 is 14.8 Å². The third kappa shape index (κ3) is 4.62. The molecule has 2 heterocycles. The highest BCUT2D eigenvalue weighted by Gasteiger charge is 2.18. The highest BCUT2D eigenvalue weighted by Crippen LogP contribution is 2.18. The van der Waals surface area contributed by atoms with Crippen molar-refractivity contribution in [3.8, 4) is 0 Å². The highest BCUT2D eigenvalue weighted by atomic mass is 15.1. The zero-order chi connectivity index (χ0) is 13.7. The van der Waals surface area contributed by atoms with Crippen LogP contribution in [0.5, 0.6) is 0 Å². The van der Waals surface area contributed by atoms with Crippen LogP contribution in [0.15, 0.2) is 12.5 Å². The Morgan fingerprint density at radius 2 is 2.26 bits per heavy atom. The maximum absolute atomic E-state index is 4.46. The number of rotatable bonds is 6. The maximum Gasteiger partial charge on any atom is 0.0949 e. The quantitative estimate of drug-likeness (QED) is 0.855. The van der Waals surface area contributed by atoms with Crippen LogP contribution in [0.2, 0.25) is 0 Å². The van der Waals surface area contributed by atoms with E-state index in [0.717, 1.165) is 24.8 Å². The summed E-state index contributed by atoms with van der Waals surface area (Å²) in [5.41, 5.74) is 1.14. The van der Waals surface area contributed by atoms with Crippen molar-refractivity contribution in [3.63, 3.8) is 0 Å². The Hall–Kier alpha value is -0.870. The first-order chi connectivity index (χ1) is 9.15. The first-order valence-electron chi connectivity index (χ1n) is 7.59. The molecule has 1 aromatic heterocycles. The lowest BCUT2D eigenvalue weighted by atomic mass is 10.0. The van der Waals surface area contributed by atoms with Crippen molar-refractivity contribution >= 4 is 0 Å². The Labute approximate surface area is 117 Å². The van der Waals surface area contributed by atoms with Crippen molar-refractivity contribution in [1.29, 1.82) is 0 Å². The van der Waals surface area contributed by atoms with Gasteiger partial charge in [-0.2, -0.15) is 0 Å². The fourth-order valence-corrected chi connectivity index (χ4v) is 2.74. The number of hydrogen-bond donors (Lipinski definition) is 1. The number of nitrogens with one attached hydrogen (secondary N) is 1. The molecular formula is C15H28N4. The van der Waals surface area contributed by atoms with E-state index in [9.17, 15) is 0 Å². The second-order valence-electron chi connectivity index (χ2n) is 6.06. The number of imidazole rings is 1. The molecule has 1 aliphatic rings. The molecule has 0 aliphatic carbocycles. The van der Waals surface area contributed by atoms with Crippen LogP contribution in [0.4, 0.5) is 0 Å². The molecule has 4 nitrogen and oxygen atoms in total. The van der Waals surface area contributed by atoms with Crippen LogP contribution in [0.3, 0.4) is 0 Å². The van der Waals surface area contributed by atoms with Gasteiger partial charge in [-0.1, -0.05) is 20.3 Å². The van der Waals surface area contributed by atoms with Gasteiger partial charge >= 0.3 is 0 Å². The molecule has 1 unspecified atom stereocenters. The van der Waals surface area contributed by atoms with Crippen LogP contribution in [0.25, 0.3) is 0 Å². The van der Waals surface area contributed by atoms with E-state index in [1.807, 2.05) is 6.33 Å². The lowest BCUT2D eigenvalue weighted by molar-refractivity contribution is 0.171. The number of piperidine rings is 1. The summed E-state index contributed by atoms with van der Waals surface area (Å²) >= 11 is 0. The maximum atomic E-state index is 4.46. The number of aromatic nitrogens is 2. The smallest absolute Gasteiger partial charge is 0.0949 e. The standard InChI is InChI=1S/C15H28N4/c1-13(2)16-10-14-11-19(12-17-14)9-7-15-6-4-5-8-18(15)3/h11-13,15-16H,4-10H2,1-3H3. The number of nitrogens with zero attached hydrogens (tertiary/aromatic N) is 3. The van der Waals surface area contributed by atoms with E-state index < -0.39 is 0 Å². The Balaban J connectivity index is 1.76. The lowest BCUT2D eigenvalue weighted by Crippen LogP contribution is -2.36. The van der Waals surface area contributed by atoms with E-state index in [4.69, 9.17) is 0 Å². The molecule has 0 amide bonds. The van der Waals surface area contributed by atoms with Gasteiger partial charge in [0.15, 0.2) is 0 Å². The van der Waals surface area contributed by atoms with Crippen LogP contribution in [-0.4, -0.2) is 40.1 Å². The molecule has 0 radical (unpaired) electrons. The van der Waals surface area contributed by atoms with E-state index in [1.54, 1.807) is 0 Å². The van der Waals surface area contributed by atoms with E-state index in [-0.39, 0.29) is 0 Å². The van der Waals surface area contributed by atoms with Crippen molar-refractivity contribution in [2.45, 2.75) is 64.7 Å². The third-order valence-electron chi connectivity index (χ3n) is 4.02. The first-order valence-corrected chi connectivity index (χ1v) is 7.59. The van der Waals surface area contributed by atoms with Crippen LogP contribution >= 0.6 is 0 Å². The molecule has 1 atom stereocenters. The van der Waals surface area contributed by atoms with Crippen LogP contribution in [0, 0.1) is 0 Å². The van der Waals surface area contributed by atoms with Crippen molar-refractivity contribution in [2.75, 3.05) is 13.6 Å². The molecule has 1 fully saturated rings. The zero-order valence-electron chi connectivity index (χ0n) is 12.6. The number of likely N-dealkylation sites (tertiary alicyclic amines) is 1. The average molecular weight is 264 g/mol. The molecule has 1 aliphatic heterocycles. The first kappa shape index (κ1) is 14.5. The lowest BCUT2D eigenvalue weighted by Gasteiger charge is -2.32. The minimum absolute atomic E-state index is 0.515. The Morgan fingerprint density at radius 1 is 1.42 bits per heavy atom. The van der Waals surface area contributed by atoms with Crippen LogP contribution < -0.4 is 5.32 Å². The topological polar surface area (TPSA) is 33.1 Å². The Bertz CT molecular complexity index is 372. The van der Waals surface area contributed by atoms with Gasteiger partial charge in [0.1, 0.15) is 0 Å². The molecule has 108 valence electrons. The normalized spacial score (nSPS) is 21.2. The summed E-state index contributed by atoms with van der Waals surface area (Å²) in [6, 6.07) is 1.27. The average Bonchev–Trinajstić information content (AvgIpc) is 2.83.